The maximum absolute atomic E-state index is 9.47. The van der Waals surface area contributed by atoms with Crippen LogP contribution in [0.1, 0.15) is 11.1 Å². The van der Waals surface area contributed by atoms with Crippen LogP contribution in [0.25, 0.3) is 0 Å². The first-order chi connectivity index (χ1) is 8.33. The maximum Gasteiger partial charge on any atom is 0.240 e. The first kappa shape index (κ1) is 18.0. The molecule has 0 radical (unpaired) electrons. The zero-order chi connectivity index (χ0) is 14.6. The van der Waals surface area contributed by atoms with E-state index in [1.165, 1.54) is 11.1 Å². The van der Waals surface area contributed by atoms with Crippen molar-refractivity contribution in [2.24, 2.45) is 11.5 Å². The molecule has 0 aliphatic rings. The molecule has 1 rings (SSSR count). The second kappa shape index (κ2) is 11.1. The average molecular weight is 248 g/mol. The predicted molar refractivity (Wildman–Crippen MR) is 74.7 cm³/mol. The lowest BCUT2D eigenvalue weighted by molar-refractivity contribution is -0.114. The highest BCUT2D eigenvalue weighted by Crippen LogP contribution is 2.00. The van der Waals surface area contributed by atoms with Gasteiger partial charge in [0.25, 0.3) is 0 Å². The van der Waals surface area contributed by atoms with Crippen molar-refractivity contribution in [3.8, 4) is 0 Å². The lowest BCUT2D eigenvalue weighted by Gasteiger charge is -1.90. The number of primary amides is 2. The monoisotopic (exact) mass is 248 g/mol. The van der Waals surface area contributed by atoms with Gasteiger partial charge < -0.3 is 11.5 Å². The molecule has 2 amide bonds. The summed E-state index contributed by atoms with van der Waals surface area (Å²) in [5.74, 6) is -0.963. The lowest BCUT2D eigenvalue weighted by atomic mass is 10.2. The zero-order valence-corrected chi connectivity index (χ0v) is 10.8. The van der Waals surface area contributed by atoms with Crippen LogP contribution < -0.4 is 11.5 Å². The zero-order valence-electron chi connectivity index (χ0n) is 10.8. The molecule has 0 aliphatic carbocycles. The third kappa shape index (κ3) is 16.1. The number of rotatable bonds is 2. The van der Waals surface area contributed by atoms with Gasteiger partial charge in [-0.15, -0.1) is 0 Å². The van der Waals surface area contributed by atoms with Crippen LogP contribution in [0.15, 0.2) is 49.6 Å². The van der Waals surface area contributed by atoms with Gasteiger partial charge >= 0.3 is 0 Å². The number of aryl methyl sites for hydroxylation is 2. The van der Waals surface area contributed by atoms with Crippen LogP contribution in [-0.4, -0.2) is 11.8 Å². The fourth-order valence-corrected chi connectivity index (χ4v) is 0.807. The van der Waals surface area contributed by atoms with E-state index >= 15 is 0 Å². The van der Waals surface area contributed by atoms with E-state index in [2.05, 4.69) is 62.7 Å². The molecule has 1 aromatic rings. The minimum atomic E-state index is -0.481. The molecule has 4 nitrogen and oxygen atoms in total. The molecule has 0 aliphatic heterocycles. The van der Waals surface area contributed by atoms with Gasteiger partial charge in [-0.05, 0) is 26.0 Å². The highest BCUT2D eigenvalue weighted by Gasteiger charge is 1.80. The van der Waals surface area contributed by atoms with E-state index in [-0.39, 0.29) is 0 Å². The quantitative estimate of drug-likeness (QED) is 0.779. The average Bonchev–Trinajstić information content (AvgIpc) is 2.30. The Hall–Kier alpha value is -2.36. The normalized spacial score (nSPS) is 7.67. The molecule has 0 saturated heterocycles. The molecule has 0 aromatic heterocycles. The van der Waals surface area contributed by atoms with Crippen LogP contribution in [0.3, 0.4) is 0 Å². The van der Waals surface area contributed by atoms with Gasteiger partial charge in [0.15, 0.2) is 0 Å². The third-order valence-corrected chi connectivity index (χ3v) is 1.58. The van der Waals surface area contributed by atoms with Crippen molar-refractivity contribution in [1.29, 1.82) is 0 Å². The standard InChI is InChI=1S/C8H10.2C3H5NO/c1-7-4-3-5-8(2)6-7;2*1-2-3(4)5/h3-6H,1-2H3;2*2H,1H2,(H2,4,5). The van der Waals surface area contributed by atoms with E-state index in [9.17, 15) is 9.59 Å². The Labute approximate surface area is 108 Å². The fraction of sp³-hybridized carbons (Fsp3) is 0.143. The van der Waals surface area contributed by atoms with Gasteiger partial charge in [-0.2, -0.15) is 0 Å². The van der Waals surface area contributed by atoms with Gasteiger partial charge in [0.05, 0.1) is 0 Å². The number of amides is 2. The Bertz CT molecular complexity index is 377. The van der Waals surface area contributed by atoms with Gasteiger partial charge in [-0.25, -0.2) is 0 Å². The van der Waals surface area contributed by atoms with E-state index in [1.54, 1.807) is 0 Å². The summed E-state index contributed by atoms with van der Waals surface area (Å²) >= 11 is 0. The summed E-state index contributed by atoms with van der Waals surface area (Å²) < 4.78 is 0. The molecule has 4 N–H and O–H groups in total. The predicted octanol–water partition coefficient (Wildman–Crippen LogP) is 1.62. The fourth-order valence-electron chi connectivity index (χ4n) is 0.807. The van der Waals surface area contributed by atoms with Crippen LogP contribution in [-0.2, 0) is 9.59 Å². The Morgan fingerprint density at radius 3 is 1.39 bits per heavy atom. The molecule has 0 bridgehead atoms. The summed E-state index contributed by atoms with van der Waals surface area (Å²) in [7, 11) is 0. The van der Waals surface area contributed by atoms with Gasteiger partial charge in [-0.3, -0.25) is 9.59 Å². The van der Waals surface area contributed by atoms with Gasteiger partial charge in [0.1, 0.15) is 0 Å². The van der Waals surface area contributed by atoms with Crippen LogP contribution in [0.4, 0.5) is 0 Å². The van der Waals surface area contributed by atoms with Gasteiger partial charge in [0.2, 0.25) is 11.8 Å². The first-order valence-corrected chi connectivity index (χ1v) is 5.20. The van der Waals surface area contributed by atoms with Crippen molar-refractivity contribution in [1.82, 2.24) is 0 Å². The van der Waals surface area contributed by atoms with Crippen molar-refractivity contribution in [2.45, 2.75) is 13.8 Å². The summed E-state index contributed by atoms with van der Waals surface area (Å²) in [5, 5.41) is 0. The molecule has 4 heteroatoms. The van der Waals surface area contributed by atoms with Crippen molar-refractivity contribution in [3.05, 3.63) is 60.7 Å². The minimum Gasteiger partial charge on any atom is -0.366 e. The van der Waals surface area contributed by atoms with Crippen molar-refractivity contribution in [2.75, 3.05) is 0 Å². The lowest BCUT2D eigenvalue weighted by Crippen LogP contribution is -2.04. The Morgan fingerprint density at radius 2 is 1.28 bits per heavy atom. The number of hydrogen-bond acceptors (Lipinski definition) is 2. The van der Waals surface area contributed by atoms with Crippen molar-refractivity contribution >= 4 is 11.8 Å². The number of carbonyl (C=O) groups excluding carboxylic acids is 2. The molecule has 0 heterocycles. The molecular formula is C14H20N2O2. The summed E-state index contributed by atoms with van der Waals surface area (Å²) in [5.41, 5.74) is 11.7. The molecule has 98 valence electrons. The largest absolute Gasteiger partial charge is 0.366 e. The van der Waals surface area contributed by atoms with E-state index < -0.39 is 11.8 Å². The van der Waals surface area contributed by atoms with E-state index in [4.69, 9.17) is 0 Å². The molecule has 0 fully saturated rings. The second-order valence-electron chi connectivity index (χ2n) is 3.37. The molecule has 0 unspecified atom stereocenters. The Morgan fingerprint density at radius 1 is 1.00 bits per heavy atom. The number of nitrogens with two attached hydrogens (primary N) is 2. The number of benzene rings is 1. The summed E-state index contributed by atoms with van der Waals surface area (Å²) in [6, 6.07) is 8.45. The van der Waals surface area contributed by atoms with E-state index in [0.29, 0.717) is 0 Å². The number of hydrogen-bond donors (Lipinski definition) is 2. The smallest absolute Gasteiger partial charge is 0.240 e. The minimum absolute atomic E-state index is 0.481. The Kier molecular flexibility index (Phi) is 11.1. The first-order valence-electron chi connectivity index (χ1n) is 5.20. The van der Waals surface area contributed by atoms with Gasteiger partial charge in [0, 0.05) is 0 Å². The van der Waals surface area contributed by atoms with Crippen molar-refractivity contribution < 1.29 is 9.59 Å². The second-order valence-corrected chi connectivity index (χ2v) is 3.37. The summed E-state index contributed by atoms with van der Waals surface area (Å²) in [6.45, 7) is 10.4. The molecule has 18 heavy (non-hydrogen) atoms. The molecule has 0 saturated carbocycles. The molecule has 0 spiro atoms. The third-order valence-electron chi connectivity index (χ3n) is 1.58. The highest BCUT2D eigenvalue weighted by atomic mass is 16.1. The molecular weight excluding hydrogens is 228 g/mol. The van der Waals surface area contributed by atoms with E-state index in [1.807, 2.05) is 0 Å². The van der Waals surface area contributed by atoms with Crippen LogP contribution in [0.2, 0.25) is 0 Å². The maximum atomic E-state index is 9.47. The van der Waals surface area contributed by atoms with Crippen molar-refractivity contribution in [3.63, 3.8) is 0 Å². The highest BCUT2D eigenvalue weighted by molar-refractivity contribution is 5.85. The van der Waals surface area contributed by atoms with Crippen LogP contribution in [0, 0.1) is 13.8 Å². The molecule has 0 atom stereocenters. The summed E-state index contributed by atoms with van der Waals surface area (Å²) in [4.78, 5) is 18.9. The SMILES string of the molecule is C=CC(N)=O.C=CC(N)=O.Cc1cccc(C)c1. The van der Waals surface area contributed by atoms with Crippen LogP contribution in [0.5, 0.6) is 0 Å². The Balaban J connectivity index is 0. The van der Waals surface area contributed by atoms with E-state index in [0.717, 1.165) is 12.2 Å². The van der Waals surface area contributed by atoms with Gasteiger partial charge in [-0.1, -0.05) is 48.6 Å². The van der Waals surface area contributed by atoms with Crippen LogP contribution >= 0.6 is 0 Å². The summed E-state index contributed by atoms with van der Waals surface area (Å²) in [6.07, 6.45) is 2.11. The number of carbonyl (C=O) groups is 2. The topological polar surface area (TPSA) is 86.2 Å². The molecule has 1 aromatic carbocycles.